The monoisotopic (exact) mass is 398 g/mol. The summed E-state index contributed by atoms with van der Waals surface area (Å²) in [4.78, 5) is 19.6. The van der Waals surface area contributed by atoms with Gasteiger partial charge in [-0.1, -0.05) is 6.07 Å². The Hall–Kier alpha value is -2.06. The second-order valence-electron chi connectivity index (χ2n) is 4.62. The molecule has 0 bridgehead atoms. The van der Waals surface area contributed by atoms with Crippen LogP contribution in [0.15, 0.2) is 34.9 Å². The molecule has 0 saturated carbocycles. The molecule has 1 aromatic heterocycles. The Morgan fingerprint density at radius 3 is 2.96 bits per heavy atom. The first-order chi connectivity index (χ1) is 11.0. The molecular formula is C14H16BrClN6O. The van der Waals surface area contributed by atoms with E-state index in [0.717, 1.165) is 10.9 Å². The highest BCUT2D eigenvalue weighted by atomic mass is 79.9. The number of hydrogen-bond donors (Lipinski definition) is 4. The van der Waals surface area contributed by atoms with Crippen LogP contribution in [0.1, 0.15) is 6.42 Å². The molecule has 5 N–H and O–H groups in total. The van der Waals surface area contributed by atoms with E-state index >= 15 is 0 Å². The van der Waals surface area contributed by atoms with Crippen molar-refractivity contribution in [2.45, 2.75) is 6.42 Å². The zero-order valence-electron chi connectivity index (χ0n) is 12.1. The Kier molecular flexibility index (Phi) is 6.42. The van der Waals surface area contributed by atoms with Crippen LogP contribution in [0.4, 0.5) is 22.0 Å². The van der Waals surface area contributed by atoms with Crippen molar-refractivity contribution in [2.24, 2.45) is 0 Å². The highest BCUT2D eigenvalue weighted by Gasteiger charge is 2.04. The molecule has 2 amide bonds. The first-order valence-corrected chi connectivity index (χ1v) is 8.04. The number of nitrogens with two attached hydrogens (primary N) is 1. The van der Waals surface area contributed by atoms with Crippen molar-refractivity contribution in [1.82, 2.24) is 15.3 Å². The van der Waals surface area contributed by atoms with Crippen LogP contribution in [-0.2, 0) is 0 Å². The topological polar surface area (TPSA) is 105 Å². The van der Waals surface area contributed by atoms with Crippen molar-refractivity contribution in [3.8, 4) is 0 Å². The lowest BCUT2D eigenvalue weighted by Crippen LogP contribution is -2.30. The average molecular weight is 400 g/mol. The number of anilines is 3. The lowest BCUT2D eigenvalue weighted by Gasteiger charge is -2.09. The van der Waals surface area contributed by atoms with E-state index in [1.165, 1.54) is 0 Å². The second-order valence-corrected chi connectivity index (χ2v) is 5.81. The van der Waals surface area contributed by atoms with Gasteiger partial charge in [0.15, 0.2) is 0 Å². The molecule has 1 heterocycles. The normalized spacial score (nSPS) is 10.2. The molecule has 0 saturated heterocycles. The lowest BCUT2D eigenvalue weighted by molar-refractivity contribution is 0.252. The van der Waals surface area contributed by atoms with Crippen molar-refractivity contribution in [2.75, 3.05) is 29.5 Å². The molecule has 0 unspecified atom stereocenters. The minimum absolute atomic E-state index is 0.176. The van der Waals surface area contributed by atoms with Crippen LogP contribution in [0.3, 0.4) is 0 Å². The average Bonchev–Trinajstić information content (AvgIpc) is 2.50. The van der Waals surface area contributed by atoms with E-state index in [1.54, 1.807) is 30.5 Å². The smallest absolute Gasteiger partial charge is 0.319 e. The largest absolute Gasteiger partial charge is 0.399 e. The first kappa shape index (κ1) is 17.3. The Bertz CT molecular complexity index is 684. The molecule has 0 fully saturated rings. The van der Waals surface area contributed by atoms with Gasteiger partial charge in [0.25, 0.3) is 0 Å². The van der Waals surface area contributed by atoms with Crippen molar-refractivity contribution in [1.29, 1.82) is 0 Å². The highest BCUT2D eigenvalue weighted by Crippen LogP contribution is 2.19. The van der Waals surface area contributed by atoms with Crippen LogP contribution in [-0.4, -0.2) is 29.1 Å². The number of rotatable bonds is 6. The quantitative estimate of drug-likeness (QED) is 0.339. The standard InChI is InChI=1S/C14H16BrClN6O/c15-11-8-20-13(16)22-12(11)18-5-2-6-19-14(23)21-10-4-1-3-9(17)7-10/h1,3-4,7-8H,2,5-6,17H2,(H,18,20,22)(H2,19,21,23). The van der Waals surface area contributed by atoms with Crippen molar-refractivity contribution >= 4 is 50.8 Å². The molecule has 0 aliphatic carbocycles. The minimum Gasteiger partial charge on any atom is -0.399 e. The van der Waals surface area contributed by atoms with Crippen LogP contribution >= 0.6 is 27.5 Å². The molecule has 0 aliphatic rings. The third-order valence-electron chi connectivity index (χ3n) is 2.79. The highest BCUT2D eigenvalue weighted by molar-refractivity contribution is 9.10. The van der Waals surface area contributed by atoms with Crippen molar-refractivity contribution in [3.05, 3.63) is 40.2 Å². The van der Waals surface area contributed by atoms with E-state index < -0.39 is 0 Å². The van der Waals surface area contributed by atoms with Gasteiger partial charge in [0, 0.05) is 30.7 Å². The number of amides is 2. The Morgan fingerprint density at radius 1 is 1.35 bits per heavy atom. The fourth-order valence-corrected chi connectivity index (χ4v) is 2.22. The third kappa shape index (κ3) is 5.91. The molecule has 2 aromatic rings. The zero-order chi connectivity index (χ0) is 16.7. The summed E-state index contributed by atoms with van der Waals surface area (Å²) in [5.74, 6) is 0.620. The Morgan fingerprint density at radius 2 is 2.17 bits per heavy atom. The molecule has 23 heavy (non-hydrogen) atoms. The van der Waals surface area contributed by atoms with Gasteiger partial charge in [-0.2, -0.15) is 4.98 Å². The van der Waals surface area contributed by atoms with E-state index in [9.17, 15) is 4.79 Å². The Balaban J connectivity index is 1.67. The van der Waals surface area contributed by atoms with Gasteiger partial charge < -0.3 is 21.7 Å². The fraction of sp³-hybridized carbons (Fsp3) is 0.214. The minimum atomic E-state index is -0.276. The van der Waals surface area contributed by atoms with E-state index in [4.69, 9.17) is 17.3 Å². The maximum absolute atomic E-state index is 11.7. The van der Waals surface area contributed by atoms with Gasteiger partial charge in [-0.05, 0) is 52.2 Å². The Labute approximate surface area is 147 Å². The number of nitrogens with one attached hydrogen (secondary N) is 3. The van der Waals surface area contributed by atoms with E-state index in [1.807, 2.05) is 0 Å². The number of aromatic nitrogens is 2. The van der Waals surface area contributed by atoms with Gasteiger partial charge in [0.05, 0.1) is 4.47 Å². The summed E-state index contributed by atoms with van der Waals surface area (Å²) < 4.78 is 0.731. The molecule has 0 radical (unpaired) electrons. The third-order valence-corrected chi connectivity index (χ3v) is 3.55. The summed E-state index contributed by atoms with van der Waals surface area (Å²) in [5.41, 5.74) is 6.90. The number of carbonyl (C=O) groups is 1. The summed E-state index contributed by atoms with van der Waals surface area (Å²) in [6.07, 6.45) is 2.30. The second kappa shape index (κ2) is 8.54. The van der Waals surface area contributed by atoms with E-state index in [-0.39, 0.29) is 11.3 Å². The lowest BCUT2D eigenvalue weighted by atomic mass is 10.3. The molecule has 2 rings (SSSR count). The SMILES string of the molecule is Nc1cccc(NC(=O)NCCCNc2nc(Cl)ncc2Br)c1. The molecule has 0 spiro atoms. The first-order valence-electron chi connectivity index (χ1n) is 6.87. The van der Waals surface area contributed by atoms with Crippen LogP contribution < -0.4 is 21.7 Å². The number of urea groups is 1. The summed E-state index contributed by atoms with van der Waals surface area (Å²) in [6, 6.07) is 6.72. The van der Waals surface area contributed by atoms with Gasteiger partial charge in [0.2, 0.25) is 5.28 Å². The maximum Gasteiger partial charge on any atom is 0.319 e. The van der Waals surface area contributed by atoms with Gasteiger partial charge in [-0.15, -0.1) is 0 Å². The van der Waals surface area contributed by atoms with Crippen LogP contribution in [0, 0.1) is 0 Å². The van der Waals surface area contributed by atoms with Crippen LogP contribution in [0.5, 0.6) is 0 Å². The predicted molar refractivity (Wildman–Crippen MR) is 95.7 cm³/mol. The fourth-order valence-electron chi connectivity index (χ4n) is 1.76. The number of carbonyl (C=O) groups excluding carboxylic acids is 1. The van der Waals surface area contributed by atoms with Gasteiger partial charge in [-0.25, -0.2) is 9.78 Å². The molecule has 0 aliphatic heterocycles. The van der Waals surface area contributed by atoms with Crippen molar-refractivity contribution < 1.29 is 4.79 Å². The summed E-state index contributed by atoms with van der Waals surface area (Å²) in [7, 11) is 0. The van der Waals surface area contributed by atoms with Crippen LogP contribution in [0.2, 0.25) is 5.28 Å². The molecular weight excluding hydrogens is 384 g/mol. The van der Waals surface area contributed by atoms with Gasteiger partial charge in [0.1, 0.15) is 5.82 Å². The number of benzene rings is 1. The molecule has 9 heteroatoms. The van der Waals surface area contributed by atoms with E-state index in [2.05, 4.69) is 41.8 Å². The summed E-state index contributed by atoms with van der Waals surface area (Å²) in [5, 5.41) is 8.76. The molecule has 7 nitrogen and oxygen atoms in total. The predicted octanol–water partition coefficient (Wildman–Crippen LogP) is 3.10. The number of halogens is 2. The van der Waals surface area contributed by atoms with Crippen LogP contribution in [0.25, 0.3) is 0 Å². The number of hydrogen-bond acceptors (Lipinski definition) is 5. The molecule has 0 atom stereocenters. The molecule has 1 aromatic carbocycles. The van der Waals surface area contributed by atoms with Gasteiger partial charge >= 0.3 is 6.03 Å². The number of nitrogens with zero attached hydrogens (tertiary/aromatic N) is 2. The van der Waals surface area contributed by atoms with E-state index in [0.29, 0.717) is 30.3 Å². The number of nitrogen functional groups attached to an aromatic ring is 1. The van der Waals surface area contributed by atoms with Gasteiger partial charge in [-0.3, -0.25) is 0 Å². The zero-order valence-corrected chi connectivity index (χ0v) is 14.5. The molecule has 122 valence electrons. The maximum atomic E-state index is 11.7. The van der Waals surface area contributed by atoms with Crippen molar-refractivity contribution in [3.63, 3.8) is 0 Å². The summed E-state index contributed by atoms with van der Waals surface area (Å²) in [6.45, 7) is 1.14. The summed E-state index contributed by atoms with van der Waals surface area (Å²) >= 11 is 9.06.